The van der Waals surface area contributed by atoms with E-state index in [1.165, 1.54) is 12.1 Å². The molecule has 0 spiro atoms. The molecule has 0 aromatic heterocycles. The Morgan fingerprint density at radius 1 is 1.20 bits per heavy atom. The topological polar surface area (TPSA) is 21.3 Å². The van der Waals surface area contributed by atoms with Crippen molar-refractivity contribution in [2.45, 2.75) is 12.5 Å². The van der Waals surface area contributed by atoms with Crippen molar-refractivity contribution in [1.82, 2.24) is 5.32 Å². The van der Waals surface area contributed by atoms with Crippen LogP contribution in [0.1, 0.15) is 17.2 Å². The van der Waals surface area contributed by atoms with Gasteiger partial charge in [0.25, 0.3) is 0 Å². The van der Waals surface area contributed by atoms with E-state index in [1.54, 1.807) is 25.3 Å². The fourth-order valence-electron chi connectivity index (χ4n) is 2.20. The predicted octanol–water partition coefficient (Wildman–Crippen LogP) is 3.99. The predicted molar refractivity (Wildman–Crippen MR) is 79.9 cm³/mol. The molecule has 20 heavy (non-hydrogen) atoms. The smallest absolute Gasteiger partial charge is 0.123 e. The molecule has 0 bridgehead atoms. The van der Waals surface area contributed by atoms with E-state index in [1.807, 2.05) is 19.2 Å². The average molecular weight is 294 g/mol. The van der Waals surface area contributed by atoms with Gasteiger partial charge in [0.05, 0.1) is 7.11 Å². The number of hydrogen-bond donors (Lipinski definition) is 1. The highest BCUT2D eigenvalue weighted by atomic mass is 35.5. The molecular formula is C16H17ClFNO. The number of ether oxygens (including phenoxy) is 1. The summed E-state index contributed by atoms with van der Waals surface area (Å²) < 4.78 is 18.3. The minimum absolute atomic E-state index is 0.0501. The summed E-state index contributed by atoms with van der Waals surface area (Å²) in [5.74, 6) is 0.561. The number of benzene rings is 2. The summed E-state index contributed by atoms with van der Waals surface area (Å²) in [5, 5.41) is 3.92. The summed E-state index contributed by atoms with van der Waals surface area (Å²) in [5.41, 5.74) is 2.04. The number of halogens is 2. The highest BCUT2D eigenvalue weighted by Gasteiger charge is 2.15. The molecule has 0 radical (unpaired) electrons. The lowest BCUT2D eigenvalue weighted by Crippen LogP contribution is -2.19. The molecule has 0 amide bonds. The first kappa shape index (κ1) is 14.8. The number of nitrogens with one attached hydrogen (secondary N) is 1. The van der Waals surface area contributed by atoms with Gasteiger partial charge >= 0.3 is 0 Å². The van der Waals surface area contributed by atoms with E-state index in [-0.39, 0.29) is 11.9 Å². The molecule has 2 rings (SSSR count). The van der Waals surface area contributed by atoms with E-state index in [0.29, 0.717) is 5.02 Å². The normalized spacial score (nSPS) is 12.2. The van der Waals surface area contributed by atoms with Crippen molar-refractivity contribution < 1.29 is 9.13 Å². The number of likely N-dealkylation sites (N-methyl/N-ethyl adjacent to an activating group) is 1. The minimum atomic E-state index is -0.227. The van der Waals surface area contributed by atoms with E-state index in [9.17, 15) is 4.39 Å². The molecule has 0 aliphatic rings. The van der Waals surface area contributed by atoms with Crippen LogP contribution >= 0.6 is 11.6 Å². The SMILES string of the molecule is CNC(Cc1ccc(F)cc1)c1cc(Cl)ccc1OC. The molecule has 0 saturated heterocycles. The largest absolute Gasteiger partial charge is 0.496 e. The zero-order valence-corrected chi connectivity index (χ0v) is 12.2. The molecular weight excluding hydrogens is 277 g/mol. The van der Waals surface area contributed by atoms with Gasteiger partial charge in [0.1, 0.15) is 11.6 Å². The number of methoxy groups -OCH3 is 1. The number of rotatable bonds is 5. The maximum absolute atomic E-state index is 12.9. The summed E-state index contributed by atoms with van der Waals surface area (Å²) in [4.78, 5) is 0. The lowest BCUT2D eigenvalue weighted by molar-refractivity contribution is 0.401. The first-order chi connectivity index (χ1) is 9.63. The van der Waals surface area contributed by atoms with Crippen LogP contribution in [0.15, 0.2) is 42.5 Å². The van der Waals surface area contributed by atoms with Gasteiger partial charge in [-0.3, -0.25) is 0 Å². The quantitative estimate of drug-likeness (QED) is 0.900. The van der Waals surface area contributed by atoms with Gasteiger partial charge in [0.2, 0.25) is 0 Å². The fourth-order valence-corrected chi connectivity index (χ4v) is 2.38. The van der Waals surface area contributed by atoms with Crippen LogP contribution in [0.3, 0.4) is 0 Å². The van der Waals surface area contributed by atoms with Gasteiger partial charge in [-0.25, -0.2) is 4.39 Å². The Hall–Kier alpha value is -1.58. The fraction of sp³-hybridized carbons (Fsp3) is 0.250. The lowest BCUT2D eigenvalue weighted by atomic mass is 9.98. The second-order valence-corrected chi connectivity index (χ2v) is 4.99. The summed E-state index contributed by atoms with van der Waals surface area (Å²) >= 11 is 6.07. The molecule has 1 atom stereocenters. The van der Waals surface area contributed by atoms with Gasteiger partial charge in [-0.05, 0) is 49.4 Å². The van der Waals surface area contributed by atoms with Crippen molar-refractivity contribution in [2.24, 2.45) is 0 Å². The van der Waals surface area contributed by atoms with Crippen LogP contribution < -0.4 is 10.1 Å². The molecule has 0 saturated carbocycles. The van der Waals surface area contributed by atoms with E-state index >= 15 is 0 Å². The van der Waals surface area contributed by atoms with Crippen molar-refractivity contribution in [3.8, 4) is 5.75 Å². The standard InChI is InChI=1S/C16H17ClFNO/c1-19-15(9-11-3-6-13(18)7-4-11)14-10-12(17)5-8-16(14)20-2/h3-8,10,15,19H,9H2,1-2H3. The molecule has 1 N–H and O–H groups in total. The molecule has 2 aromatic carbocycles. The van der Waals surface area contributed by atoms with E-state index in [4.69, 9.17) is 16.3 Å². The number of hydrogen-bond acceptors (Lipinski definition) is 2. The van der Waals surface area contributed by atoms with Gasteiger partial charge in [-0.2, -0.15) is 0 Å². The second-order valence-electron chi connectivity index (χ2n) is 4.56. The van der Waals surface area contributed by atoms with Gasteiger partial charge in [-0.1, -0.05) is 23.7 Å². The Labute approximate surface area is 123 Å². The van der Waals surface area contributed by atoms with E-state index < -0.39 is 0 Å². The second kappa shape index (κ2) is 6.73. The first-order valence-corrected chi connectivity index (χ1v) is 6.77. The van der Waals surface area contributed by atoms with Crippen LogP contribution in [0.5, 0.6) is 5.75 Å². The average Bonchev–Trinajstić information content (AvgIpc) is 2.46. The minimum Gasteiger partial charge on any atom is -0.496 e. The molecule has 106 valence electrons. The van der Waals surface area contributed by atoms with E-state index in [0.717, 1.165) is 23.3 Å². The molecule has 0 aliphatic carbocycles. The van der Waals surface area contributed by atoms with Gasteiger partial charge < -0.3 is 10.1 Å². The van der Waals surface area contributed by atoms with Crippen molar-refractivity contribution >= 4 is 11.6 Å². The Bertz CT molecular complexity index is 571. The van der Waals surface area contributed by atoms with Gasteiger partial charge in [0, 0.05) is 16.6 Å². The van der Waals surface area contributed by atoms with Crippen molar-refractivity contribution in [3.05, 3.63) is 64.4 Å². The summed E-state index contributed by atoms with van der Waals surface area (Å²) in [6.45, 7) is 0. The van der Waals surface area contributed by atoms with Gasteiger partial charge in [0.15, 0.2) is 0 Å². The molecule has 4 heteroatoms. The summed E-state index contributed by atoms with van der Waals surface area (Å²) in [6.07, 6.45) is 0.730. The Morgan fingerprint density at radius 2 is 1.90 bits per heavy atom. The zero-order chi connectivity index (χ0) is 14.5. The third-order valence-electron chi connectivity index (χ3n) is 3.27. The zero-order valence-electron chi connectivity index (χ0n) is 11.5. The molecule has 2 aromatic rings. The maximum Gasteiger partial charge on any atom is 0.123 e. The highest BCUT2D eigenvalue weighted by molar-refractivity contribution is 6.30. The van der Waals surface area contributed by atoms with E-state index in [2.05, 4.69) is 5.32 Å². The molecule has 0 aliphatic heterocycles. The van der Waals surface area contributed by atoms with Gasteiger partial charge in [-0.15, -0.1) is 0 Å². The van der Waals surface area contributed by atoms with Crippen molar-refractivity contribution in [2.75, 3.05) is 14.2 Å². The van der Waals surface area contributed by atoms with Crippen molar-refractivity contribution in [3.63, 3.8) is 0 Å². The Kier molecular flexibility index (Phi) is 4.99. The van der Waals surface area contributed by atoms with Crippen LogP contribution in [0.25, 0.3) is 0 Å². The van der Waals surface area contributed by atoms with Crippen LogP contribution in [0.2, 0.25) is 5.02 Å². The monoisotopic (exact) mass is 293 g/mol. The Morgan fingerprint density at radius 3 is 2.50 bits per heavy atom. The van der Waals surface area contributed by atoms with Crippen LogP contribution in [-0.4, -0.2) is 14.2 Å². The molecule has 2 nitrogen and oxygen atoms in total. The van der Waals surface area contributed by atoms with Crippen LogP contribution in [0, 0.1) is 5.82 Å². The molecule has 0 fully saturated rings. The molecule has 1 unspecified atom stereocenters. The van der Waals surface area contributed by atoms with Crippen LogP contribution in [-0.2, 0) is 6.42 Å². The maximum atomic E-state index is 12.9. The lowest BCUT2D eigenvalue weighted by Gasteiger charge is -2.20. The van der Waals surface area contributed by atoms with Crippen LogP contribution in [0.4, 0.5) is 4.39 Å². The summed E-state index contributed by atoms with van der Waals surface area (Å²) in [7, 11) is 3.52. The van der Waals surface area contributed by atoms with Crippen molar-refractivity contribution in [1.29, 1.82) is 0 Å². The third-order valence-corrected chi connectivity index (χ3v) is 3.50. The highest BCUT2D eigenvalue weighted by Crippen LogP contribution is 2.30. The first-order valence-electron chi connectivity index (χ1n) is 6.39. The molecule has 0 heterocycles. The Balaban J connectivity index is 2.28. The summed E-state index contributed by atoms with van der Waals surface area (Å²) in [6, 6.07) is 12.1. The third kappa shape index (κ3) is 3.50.